The van der Waals surface area contributed by atoms with E-state index in [9.17, 15) is 10.1 Å². The quantitative estimate of drug-likeness (QED) is 0.755. The number of hydrogen-bond acceptors (Lipinski definition) is 6. The van der Waals surface area contributed by atoms with E-state index >= 15 is 0 Å². The summed E-state index contributed by atoms with van der Waals surface area (Å²) < 4.78 is 10.3. The van der Waals surface area contributed by atoms with Crippen molar-refractivity contribution in [3.05, 3.63) is 22.7 Å². The van der Waals surface area contributed by atoms with Crippen LogP contribution < -0.4 is 10.5 Å². The molecule has 0 spiro atoms. The second-order valence-electron chi connectivity index (χ2n) is 4.33. The van der Waals surface area contributed by atoms with E-state index in [1.54, 1.807) is 20.8 Å². The summed E-state index contributed by atoms with van der Waals surface area (Å²) in [5.74, 6) is -0.481. The van der Waals surface area contributed by atoms with Crippen molar-refractivity contribution >= 4 is 5.97 Å². The number of esters is 1. The van der Waals surface area contributed by atoms with Crippen molar-refractivity contribution in [1.82, 2.24) is 10.2 Å². The van der Waals surface area contributed by atoms with E-state index in [1.165, 1.54) is 0 Å². The highest BCUT2D eigenvalue weighted by Gasteiger charge is 2.50. The lowest BCUT2D eigenvalue weighted by molar-refractivity contribution is -0.148. The minimum Gasteiger partial charge on any atom is -0.465 e. The van der Waals surface area contributed by atoms with Crippen LogP contribution in [0.3, 0.4) is 0 Å². The number of aromatic nitrogens is 2. The first kappa shape index (κ1) is 13.0. The fourth-order valence-corrected chi connectivity index (χ4v) is 2.24. The summed E-state index contributed by atoms with van der Waals surface area (Å²) in [7, 11) is 0. The Bertz CT molecular complexity index is 611. The fourth-order valence-electron chi connectivity index (χ4n) is 2.24. The summed E-state index contributed by atoms with van der Waals surface area (Å²) in [4.78, 5) is 12.3. The van der Waals surface area contributed by atoms with Crippen molar-refractivity contribution in [2.75, 3.05) is 6.61 Å². The molecule has 7 nitrogen and oxygen atoms in total. The Hall–Kier alpha value is -2.49. The Balaban J connectivity index is 2.69. The number of ether oxygens (including phenoxy) is 2. The number of H-pyrrole nitrogens is 1. The molecular weight excluding hydrogens is 248 g/mol. The van der Waals surface area contributed by atoms with Gasteiger partial charge in [0.2, 0.25) is 11.8 Å². The van der Waals surface area contributed by atoms with E-state index in [4.69, 9.17) is 15.2 Å². The van der Waals surface area contributed by atoms with E-state index in [0.29, 0.717) is 11.3 Å². The van der Waals surface area contributed by atoms with Crippen LogP contribution in [0.5, 0.6) is 5.88 Å². The van der Waals surface area contributed by atoms with E-state index in [-0.39, 0.29) is 23.9 Å². The van der Waals surface area contributed by atoms with Crippen molar-refractivity contribution in [1.29, 1.82) is 5.26 Å². The molecule has 1 aromatic rings. The number of fused-ring (bicyclic) bond motifs is 1. The summed E-state index contributed by atoms with van der Waals surface area (Å²) in [6.45, 7) is 5.23. The molecule has 1 aliphatic heterocycles. The topological polar surface area (TPSA) is 114 Å². The van der Waals surface area contributed by atoms with Gasteiger partial charge >= 0.3 is 5.97 Å². The van der Waals surface area contributed by atoms with Crippen LogP contribution in [-0.4, -0.2) is 22.8 Å². The summed E-state index contributed by atoms with van der Waals surface area (Å²) in [5.41, 5.74) is 5.53. The third-order valence-electron chi connectivity index (χ3n) is 3.16. The van der Waals surface area contributed by atoms with E-state index in [2.05, 4.69) is 10.2 Å². The van der Waals surface area contributed by atoms with Crippen molar-refractivity contribution in [3.8, 4) is 11.9 Å². The van der Waals surface area contributed by atoms with Crippen LogP contribution in [0, 0.1) is 18.3 Å². The zero-order chi connectivity index (χ0) is 14.2. The van der Waals surface area contributed by atoms with Gasteiger partial charge in [0.15, 0.2) is 0 Å². The van der Waals surface area contributed by atoms with Crippen LogP contribution in [-0.2, 0) is 14.9 Å². The summed E-state index contributed by atoms with van der Waals surface area (Å²) in [5, 5.41) is 15.9. The number of carbonyl (C=O) groups excluding carboxylic acids is 1. The van der Waals surface area contributed by atoms with Crippen molar-refractivity contribution in [2.24, 2.45) is 5.73 Å². The predicted molar refractivity (Wildman–Crippen MR) is 64.8 cm³/mol. The number of nitrogens with one attached hydrogen (secondary N) is 1. The first-order chi connectivity index (χ1) is 8.96. The second-order valence-corrected chi connectivity index (χ2v) is 4.33. The van der Waals surface area contributed by atoms with Crippen molar-refractivity contribution in [2.45, 2.75) is 26.2 Å². The molecule has 0 fully saturated rings. The van der Waals surface area contributed by atoms with Crippen LogP contribution in [0.4, 0.5) is 0 Å². The van der Waals surface area contributed by atoms with Crippen molar-refractivity contribution < 1.29 is 14.3 Å². The Morgan fingerprint density at radius 2 is 2.37 bits per heavy atom. The number of rotatable bonds is 2. The number of nitriles is 1. The lowest BCUT2D eigenvalue weighted by Gasteiger charge is -2.30. The molecule has 2 rings (SSSR count). The molecule has 0 radical (unpaired) electrons. The second kappa shape index (κ2) is 4.31. The maximum absolute atomic E-state index is 12.3. The summed E-state index contributed by atoms with van der Waals surface area (Å²) in [6, 6.07) is 1.93. The van der Waals surface area contributed by atoms with Crippen LogP contribution in [0.25, 0.3) is 0 Å². The Morgan fingerprint density at radius 3 is 2.95 bits per heavy atom. The van der Waals surface area contributed by atoms with Gasteiger partial charge in [0.05, 0.1) is 12.2 Å². The molecule has 1 aliphatic rings. The number of hydrogen-bond donors (Lipinski definition) is 2. The molecule has 0 saturated carbocycles. The van der Waals surface area contributed by atoms with Crippen LogP contribution in [0.2, 0.25) is 0 Å². The molecule has 1 atom stereocenters. The zero-order valence-electron chi connectivity index (χ0n) is 10.9. The Labute approximate surface area is 110 Å². The van der Waals surface area contributed by atoms with E-state index < -0.39 is 11.4 Å². The number of aryl methyl sites for hydroxylation is 1. The highest BCUT2D eigenvalue weighted by Crippen LogP contribution is 2.44. The Morgan fingerprint density at radius 1 is 1.68 bits per heavy atom. The first-order valence-corrected chi connectivity index (χ1v) is 5.77. The van der Waals surface area contributed by atoms with Gasteiger partial charge in [-0.05, 0) is 20.8 Å². The van der Waals surface area contributed by atoms with Crippen LogP contribution >= 0.6 is 0 Å². The van der Waals surface area contributed by atoms with Gasteiger partial charge in [-0.1, -0.05) is 0 Å². The summed E-state index contributed by atoms with van der Waals surface area (Å²) in [6.07, 6.45) is 0. The van der Waals surface area contributed by atoms with Gasteiger partial charge in [-0.15, -0.1) is 5.10 Å². The van der Waals surface area contributed by atoms with Gasteiger partial charge in [-0.2, -0.15) is 5.26 Å². The number of nitrogens with two attached hydrogens (primary N) is 1. The molecule has 3 N–H and O–H groups in total. The normalized spacial score (nSPS) is 21.4. The molecule has 0 amide bonds. The van der Waals surface area contributed by atoms with Gasteiger partial charge < -0.3 is 15.2 Å². The molecular formula is C12H14N4O3. The van der Waals surface area contributed by atoms with Gasteiger partial charge in [0, 0.05) is 5.69 Å². The number of carbonyl (C=O) groups is 1. The first-order valence-electron chi connectivity index (χ1n) is 5.77. The lowest BCUT2D eigenvalue weighted by Crippen LogP contribution is -2.41. The minimum atomic E-state index is -1.31. The lowest BCUT2D eigenvalue weighted by atomic mass is 9.75. The molecule has 2 heterocycles. The van der Waals surface area contributed by atoms with Gasteiger partial charge in [-0.25, -0.2) is 0 Å². The third kappa shape index (κ3) is 1.64. The van der Waals surface area contributed by atoms with Crippen LogP contribution in [0.15, 0.2) is 11.5 Å². The molecule has 0 unspecified atom stereocenters. The minimum absolute atomic E-state index is 0.0305. The molecule has 0 bridgehead atoms. The Kier molecular flexibility index (Phi) is 2.94. The number of aromatic amines is 1. The monoisotopic (exact) mass is 262 g/mol. The molecule has 0 aliphatic carbocycles. The SMILES string of the molecule is CCOC(=O)[C@@]1(C)C(C#N)=C(N)Oc2n[nH]c(C)c21. The third-order valence-corrected chi connectivity index (χ3v) is 3.16. The van der Waals surface area contributed by atoms with Crippen LogP contribution in [0.1, 0.15) is 25.1 Å². The molecule has 7 heteroatoms. The highest BCUT2D eigenvalue weighted by molar-refractivity contribution is 5.90. The zero-order valence-corrected chi connectivity index (χ0v) is 10.9. The van der Waals surface area contributed by atoms with E-state index in [0.717, 1.165) is 0 Å². The maximum atomic E-state index is 12.3. The molecule has 0 saturated heterocycles. The molecule has 19 heavy (non-hydrogen) atoms. The maximum Gasteiger partial charge on any atom is 0.322 e. The van der Waals surface area contributed by atoms with Gasteiger partial charge in [-0.3, -0.25) is 9.89 Å². The average molecular weight is 262 g/mol. The van der Waals surface area contributed by atoms with Gasteiger partial charge in [0.25, 0.3) is 0 Å². The van der Waals surface area contributed by atoms with Crippen molar-refractivity contribution in [3.63, 3.8) is 0 Å². The molecule has 0 aromatic carbocycles. The van der Waals surface area contributed by atoms with Gasteiger partial charge in [0.1, 0.15) is 17.1 Å². The highest BCUT2D eigenvalue weighted by atomic mass is 16.5. The fraction of sp³-hybridized carbons (Fsp3) is 0.417. The summed E-state index contributed by atoms with van der Waals surface area (Å²) >= 11 is 0. The molecule has 1 aromatic heterocycles. The predicted octanol–water partition coefficient (Wildman–Crippen LogP) is 0.625. The largest absolute Gasteiger partial charge is 0.465 e. The standard InChI is InChI=1S/C12H14N4O3/c1-4-18-11(17)12(3)7(5-13)9(14)19-10-8(12)6(2)15-16-10/h4,14H2,1-3H3,(H,15,16)/t12-/m0/s1. The van der Waals surface area contributed by atoms with E-state index in [1.807, 2.05) is 6.07 Å². The number of nitrogens with zero attached hydrogens (tertiary/aromatic N) is 2. The smallest absolute Gasteiger partial charge is 0.322 e. The average Bonchev–Trinajstić information content (AvgIpc) is 2.71. The molecule has 100 valence electrons.